The average Bonchev–Trinajstić information content (AvgIpc) is 1.85. The van der Waals surface area contributed by atoms with Crippen LogP contribution in [0.25, 0.3) is 0 Å². The molecular formula is C13H35N. The minimum atomic E-state index is 0. The third-order valence-corrected chi connectivity index (χ3v) is 0.632. The summed E-state index contributed by atoms with van der Waals surface area (Å²) in [6.45, 7) is 16.3. The van der Waals surface area contributed by atoms with E-state index in [0.717, 1.165) is 6.54 Å². The summed E-state index contributed by atoms with van der Waals surface area (Å²) in [7, 11) is 4.11. The van der Waals surface area contributed by atoms with Gasteiger partial charge in [-0.25, -0.2) is 0 Å². The van der Waals surface area contributed by atoms with E-state index in [1.54, 1.807) is 0 Å². The van der Waals surface area contributed by atoms with Gasteiger partial charge in [-0.3, -0.25) is 0 Å². The SMILES string of the molecule is C.CC(C)(C)C.CCC.CCN(C)C. The highest BCUT2D eigenvalue weighted by Crippen LogP contribution is 2.07. The van der Waals surface area contributed by atoms with Crippen LogP contribution in [0.2, 0.25) is 0 Å². The van der Waals surface area contributed by atoms with Gasteiger partial charge >= 0.3 is 0 Å². The second-order valence-electron chi connectivity index (χ2n) is 5.10. The fourth-order valence-corrected chi connectivity index (χ4v) is 0. The number of nitrogens with zero attached hydrogens (tertiary/aromatic N) is 1. The largest absolute Gasteiger partial charge is 0.310 e. The van der Waals surface area contributed by atoms with Crippen molar-refractivity contribution in [3.05, 3.63) is 0 Å². The summed E-state index contributed by atoms with van der Waals surface area (Å²) in [6, 6.07) is 0. The Labute approximate surface area is 93.9 Å². The smallest absolute Gasteiger partial charge is 0.00533 e. The molecule has 0 saturated carbocycles. The van der Waals surface area contributed by atoms with Gasteiger partial charge in [0.1, 0.15) is 0 Å². The minimum absolute atomic E-state index is 0. The van der Waals surface area contributed by atoms with E-state index in [0.29, 0.717) is 5.41 Å². The monoisotopic (exact) mass is 205 g/mol. The Balaban J connectivity index is -0.0000000535. The Morgan fingerprint density at radius 1 is 0.857 bits per heavy atom. The molecule has 0 bridgehead atoms. The zero-order valence-corrected chi connectivity index (χ0v) is 11.4. The van der Waals surface area contributed by atoms with Crippen molar-refractivity contribution in [2.75, 3.05) is 20.6 Å². The molecule has 0 spiro atoms. The Kier molecular flexibility index (Phi) is 26.1. The second kappa shape index (κ2) is 15.4. The first-order valence-corrected chi connectivity index (χ1v) is 5.33. The predicted octanol–water partition coefficient (Wildman–Crippen LogP) is 4.67. The molecule has 0 aliphatic heterocycles. The number of rotatable bonds is 1. The van der Waals surface area contributed by atoms with E-state index >= 15 is 0 Å². The van der Waals surface area contributed by atoms with Crippen LogP contribution in [-0.2, 0) is 0 Å². The molecule has 0 heterocycles. The molecule has 0 rings (SSSR count). The molecule has 0 unspecified atom stereocenters. The highest BCUT2D eigenvalue weighted by molar-refractivity contribution is 4.47. The molecule has 14 heavy (non-hydrogen) atoms. The van der Waals surface area contributed by atoms with Gasteiger partial charge in [0.05, 0.1) is 0 Å². The minimum Gasteiger partial charge on any atom is -0.310 e. The van der Waals surface area contributed by atoms with Crippen LogP contribution in [0.15, 0.2) is 0 Å². The summed E-state index contributed by atoms with van der Waals surface area (Å²) in [6.07, 6.45) is 1.25. The van der Waals surface area contributed by atoms with Crippen LogP contribution in [0.1, 0.15) is 62.3 Å². The lowest BCUT2D eigenvalue weighted by atomic mass is 10.0. The Bertz CT molecular complexity index is 63.8. The van der Waals surface area contributed by atoms with Crippen molar-refractivity contribution in [3.8, 4) is 0 Å². The zero-order chi connectivity index (χ0) is 11.5. The van der Waals surface area contributed by atoms with Gasteiger partial charge in [0, 0.05) is 0 Å². The Morgan fingerprint density at radius 2 is 0.929 bits per heavy atom. The summed E-state index contributed by atoms with van der Waals surface area (Å²) in [5.74, 6) is 0. The van der Waals surface area contributed by atoms with Crippen molar-refractivity contribution in [2.24, 2.45) is 5.41 Å². The van der Waals surface area contributed by atoms with Crippen LogP contribution >= 0.6 is 0 Å². The Morgan fingerprint density at radius 3 is 0.929 bits per heavy atom. The summed E-state index contributed by atoms with van der Waals surface area (Å²) in [4.78, 5) is 2.12. The molecule has 1 heteroatoms. The van der Waals surface area contributed by atoms with Crippen LogP contribution in [0.4, 0.5) is 0 Å². The predicted molar refractivity (Wildman–Crippen MR) is 72.1 cm³/mol. The van der Waals surface area contributed by atoms with Crippen LogP contribution in [0, 0.1) is 5.41 Å². The van der Waals surface area contributed by atoms with E-state index in [2.05, 4.69) is 67.5 Å². The normalized spacial score (nSPS) is 9.00. The summed E-state index contributed by atoms with van der Waals surface area (Å²) < 4.78 is 0. The molecule has 92 valence electrons. The lowest BCUT2D eigenvalue weighted by Crippen LogP contribution is -2.08. The molecular weight excluding hydrogens is 170 g/mol. The van der Waals surface area contributed by atoms with Crippen molar-refractivity contribution in [3.63, 3.8) is 0 Å². The van der Waals surface area contributed by atoms with Gasteiger partial charge in [0.25, 0.3) is 0 Å². The fourth-order valence-electron chi connectivity index (χ4n) is 0. The van der Waals surface area contributed by atoms with Crippen LogP contribution in [0.3, 0.4) is 0 Å². The molecule has 0 saturated heterocycles. The molecule has 0 aromatic rings. The molecule has 0 atom stereocenters. The quantitative estimate of drug-likeness (QED) is 0.601. The van der Waals surface area contributed by atoms with E-state index in [4.69, 9.17) is 0 Å². The van der Waals surface area contributed by atoms with Crippen molar-refractivity contribution >= 4 is 0 Å². The fraction of sp³-hybridized carbons (Fsp3) is 1.00. The highest BCUT2D eigenvalue weighted by atomic mass is 15.0. The molecule has 0 aliphatic carbocycles. The molecule has 0 amide bonds. The Hall–Kier alpha value is -0.0400. The average molecular weight is 205 g/mol. The van der Waals surface area contributed by atoms with Crippen LogP contribution in [0.5, 0.6) is 0 Å². The van der Waals surface area contributed by atoms with Crippen LogP contribution < -0.4 is 0 Å². The third-order valence-electron chi connectivity index (χ3n) is 0.632. The van der Waals surface area contributed by atoms with Crippen LogP contribution in [-0.4, -0.2) is 25.5 Å². The van der Waals surface area contributed by atoms with Crippen molar-refractivity contribution in [1.29, 1.82) is 0 Å². The van der Waals surface area contributed by atoms with Gasteiger partial charge in [0.2, 0.25) is 0 Å². The zero-order valence-electron chi connectivity index (χ0n) is 11.4. The van der Waals surface area contributed by atoms with Gasteiger partial charge in [0.15, 0.2) is 0 Å². The lowest BCUT2D eigenvalue weighted by molar-refractivity contribution is 0.434. The summed E-state index contributed by atoms with van der Waals surface area (Å²) in [5, 5.41) is 0. The van der Waals surface area contributed by atoms with E-state index in [1.807, 2.05) is 0 Å². The first kappa shape index (κ1) is 23.6. The van der Waals surface area contributed by atoms with E-state index < -0.39 is 0 Å². The lowest BCUT2D eigenvalue weighted by Gasteiger charge is -2.05. The van der Waals surface area contributed by atoms with Crippen molar-refractivity contribution in [2.45, 2.75) is 62.3 Å². The van der Waals surface area contributed by atoms with Gasteiger partial charge in [-0.2, -0.15) is 0 Å². The van der Waals surface area contributed by atoms with Gasteiger partial charge in [-0.1, -0.05) is 62.3 Å². The topological polar surface area (TPSA) is 3.24 Å². The maximum absolute atomic E-state index is 2.19. The second-order valence-corrected chi connectivity index (χ2v) is 5.10. The summed E-state index contributed by atoms with van der Waals surface area (Å²) >= 11 is 0. The van der Waals surface area contributed by atoms with Crippen molar-refractivity contribution < 1.29 is 0 Å². The highest BCUT2D eigenvalue weighted by Gasteiger charge is 1.95. The number of hydrogen-bond acceptors (Lipinski definition) is 1. The summed E-state index contributed by atoms with van der Waals surface area (Å²) in [5.41, 5.74) is 0.500. The molecule has 1 nitrogen and oxygen atoms in total. The van der Waals surface area contributed by atoms with Gasteiger partial charge in [-0.15, -0.1) is 0 Å². The van der Waals surface area contributed by atoms with E-state index in [-0.39, 0.29) is 7.43 Å². The first-order chi connectivity index (χ1) is 5.68. The standard InChI is InChI=1S/C5H12.C4H11N.C3H8.CH4/c1-5(2,3)4;1-4-5(2)3;1-3-2;/h1-4H3;4H2,1-3H3;3H2,1-2H3;1H4. The van der Waals surface area contributed by atoms with Gasteiger partial charge in [-0.05, 0) is 26.1 Å². The van der Waals surface area contributed by atoms with Crippen molar-refractivity contribution in [1.82, 2.24) is 4.90 Å². The third kappa shape index (κ3) is 374. The molecule has 0 aromatic heterocycles. The molecule has 0 fully saturated rings. The molecule has 0 aromatic carbocycles. The first-order valence-electron chi connectivity index (χ1n) is 5.33. The maximum Gasteiger partial charge on any atom is -0.00533 e. The maximum atomic E-state index is 2.19. The van der Waals surface area contributed by atoms with E-state index in [1.165, 1.54) is 6.42 Å². The van der Waals surface area contributed by atoms with E-state index in [9.17, 15) is 0 Å². The molecule has 0 radical (unpaired) electrons. The molecule has 0 N–H and O–H groups in total. The van der Waals surface area contributed by atoms with Gasteiger partial charge < -0.3 is 4.90 Å². The molecule has 0 aliphatic rings. The number of hydrogen-bond donors (Lipinski definition) is 0.